The van der Waals surface area contributed by atoms with Crippen molar-refractivity contribution in [3.63, 3.8) is 0 Å². The first-order valence-corrected chi connectivity index (χ1v) is 6.99. The Balaban J connectivity index is 1.89. The number of hydrogen-bond acceptors (Lipinski definition) is 4. The van der Waals surface area contributed by atoms with Crippen molar-refractivity contribution in [2.45, 2.75) is 6.04 Å². The Morgan fingerprint density at radius 1 is 1.29 bits per heavy atom. The number of amides is 2. The molecule has 0 spiro atoms. The highest BCUT2D eigenvalue weighted by atomic mass is 16.5. The van der Waals surface area contributed by atoms with Gasteiger partial charge in [-0.05, 0) is 19.2 Å². The molecule has 1 atom stereocenters. The van der Waals surface area contributed by atoms with Gasteiger partial charge in [-0.25, -0.2) is 0 Å². The molecule has 0 saturated carbocycles. The lowest BCUT2D eigenvalue weighted by molar-refractivity contribution is -0.139. The van der Waals surface area contributed by atoms with Crippen molar-refractivity contribution in [1.82, 2.24) is 15.1 Å². The second-order valence-corrected chi connectivity index (χ2v) is 5.05. The van der Waals surface area contributed by atoms with Crippen molar-refractivity contribution in [3.8, 4) is 5.75 Å². The Morgan fingerprint density at radius 2 is 2.00 bits per heavy atom. The second-order valence-electron chi connectivity index (χ2n) is 5.05. The highest BCUT2D eigenvalue weighted by molar-refractivity contribution is 5.84. The Bertz CT molecular complexity index is 492. The molecule has 114 valence electrons. The third kappa shape index (κ3) is 3.95. The van der Waals surface area contributed by atoms with Crippen LogP contribution in [0.4, 0.5) is 0 Å². The first kappa shape index (κ1) is 15.3. The van der Waals surface area contributed by atoms with Crippen molar-refractivity contribution in [2.24, 2.45) is 0 Å². The van der Waals surface area contributed by atoms with E-state index in [2.05, 4.69) is 5.32 Å². The average molecular weight is 291 g/mol. The van der Waals surface area contributed by atoms with Gasteiger partial charge in [-0.15, -0.1) is 0 Å². The van der Waals surface area contributed by atoms with Gasteiger partial charge >= 0.3 is 0 Å². The average Bonchev–Trinajstić information content (AvgIpc) is 2.53. The predicted molar refractivity (Wildman–Crippen MR) is 79.0 cm³/mol. The van der Waals surface area contributed by atoms with Gasteiger partial charge in [-0.2, -0.15) is 0 Å². The van der Waals surface area contributed by atoms with Crippen LogP contribution >= 0.6 is 0 Å². The fourth-order valence-electron chi connectivity index (χ4n) is 2.30. The molecule has 1 N–H and O–H groups in total. The summed E-state index contributed by atoms with van der Waals surface area (Å²) in [5, 5.41) is 2.63. The van der Waals surface area contributed by atoms with Gasteiger partial charge in [-0.3, -0.25) is 14.5 Å². The van der Waals surface area contributed by atoms with Gasteiger partial charge < -0.3 is 15.0 Å². The Labute approximate surface area is 124 Å². The van der Waals surface area contributed by atoms with E-state index in [1.807, 2.05) is 42.3 Å². The summed E-state index contributed by atoms with van der Waals surface area (Å²) in [6.45, 7) is 1.68. The molecule has 6 nitrogen and oxygen atoms in total. The maximum absolute atomic E-state index is 12.2. The van der Waals surface area contributed by atoms with Gasteiger partial charge in [0.2, 0.25) is 5.91 Å². The monoisotopic (exact) mass is 291 g/mol. The maximum Gasteiger partial charge on any atom is 0.260 e. The third-order valence-electron chi connectivity index (χ3n) is 3.66. The van der Waals surface area contributed by atoms with Crippen LogP contribution in [-0.4, -0.2) is 68.0 Å². The molecule has 2 amide bonds. The molecule has 1 saturated heterocycles. The van der Waals surface area contributed by atoms with Gasteiger partial charge in [0.15, 0.2) is 6.61 Å². The zero-order valence-electron chi connectivity index (χ0n) is 12.4. The van der Waals surface area contributed by atoms with E-state index in [0.717, 1.165) is 0 Å². The van der Waals surface area contributed by atoms with Crippen LogP contribution in [0.25, 0.3) is 0 Å². The number of likely N-dealkylation sites (N-methyl/N-ethyl adjacent to an activating group) is 2. The summed E-state index contributed by atoms with van der Waals surface area (Å²) in [6, 6.07) is 8.93. The number of carbonyl (C=O) groups is 2. The number of nitrogens with zero attached hydrogens (tertiary/aromatic N) is 2. The topological polar surface area (TPSA) is 61.9 Å². The van der Waals surface area contributed by atoms with Gasteiger partial charge in [0.05, 0.1) is 0 Å². The Kier molecular flexibility index (Phi) is 5.16. The molecule has 21 heavy (non-hydrogen) atoms. The van der Waals surface area contributed by atoms with Crippen molar-refractivity contribution in [1.29, 1.82) is 0 Å². The zero-order valence-corrected chi connectivity index (χ0v) is 12.4. The molecule has 1 aromatic rings. The molecule has 1 aromatic carbocycles. The summed E-state index contributed by atoms with van der Waals surface area (Å²) in [5.41, 5.74) is 0. The Hall–Kier alpha value is -2.08. The smallest absolute Gasteiger partial charge is 0.260 e. The van der Waals surface area contributed by atoms with Crippen molar-refractivity contribution >= 4 is 11.8 Å². The fraction of sp³-hybridized carbons (Fsp3) is 0.467. The van der Waals surface area contributed by atoms with E-state index >= 15 is 0 Å². The lowest BCUT2D eigenvalue weighted by Gasteiger charge is -2.38. The predicted octanol–water partition coefficient (Wildman–Crippen LogP) is -0.0460. The number of para-hydroxylation sites is 1. The summed E-state index contributed by atoms with van der Waals surface area (Å²) in [5.74, 6) is 0.502. The molecule has 0 unspecified atom stereocenters. The molecular formula is C15H21N3O3. The number of benzene rings is 1. The number of carbonyl (C=O) groups excluding carboxylic acids is 2. The quantitative estimate of drug-likeness (QED) is 0.845. The summed E-state index contributed by atoms with van der Waals surface area (Å²) in [4.78, 5) is 27.6. The van der Waals surface area contributed by atoms with Crippen LogP contribution in [0.2, 0.25) is 0 Å². The van der Waals surface area contributed by atoms with Crippen LogP contribution in [-0.2, 0) is 9.59 Å². The van der Waals surface area contributed by atoms with E-state index in [9.17, 15) is 9.59 Å². The van der Waals surface area contributed by atoms with E-state index in [-0.39, 0.29) is 24.5 Å². The molecule has 1 aliphatic heterocycles. The number of rotatable bonds is 4. The first-order chi connectivity index (χ1) is 10.1. The SMILES string of the molecule is CNC(=O)[C@@H]1CN(C(=O)COc2ccccc2)CCN1C. The minimum Gasteiger partial charge on any atom is -0.484 e. The molecule has 6 heteroatoms. The van der Waals surface area contributed by atoms with Gasteiger partial charge in [-0.1, -0.05) is 18.2 Å². The van der Waals surface area contributed by atoms with Gasteiger partial charge in [0.25, 0.3) is 5.91 Å². The molecule has 0 aliphatic carbocycles. The summed E-state index contributed by atoms with van der Waals surface area (Å²) in [6.07, 6.45) is 0. The summed E-state index contributed by atoms with van der Waals surface area (Å²) in [7, 11) is 3.50. The molecule has 1 aliphatic rings. The molecular weight excluding hydrogens is 270 g/mol. The van der Waals surface area contributed by atoms with Crippen molar-refractivity contribution in [3.05, 3.63) is 30.3 Å². The minimum atomic E-state index is -0.301. The Morgan fingerprint density at radius 3 is 2.67 bits per heavy atom. The highest BCUT2D eigenvalue weighted by Crippen LogP contribution is 2.11. The van der Waals surface area contributed by atoms with Crippen LogP contribution < -0.4 is 10.1 Å². The van der Waals surface area contributed by atoms with Crippen LogP contribution in [0.1, 0.15) is 0 Å². The molecule has 0 radical (unpaired) electrons. The molecule has 2 rings (SSSR count). The van der Waals surface area contributed by atoms with Crippen molar-refractivity contribution in [2.75, 3.05) is 40.3 Å². The van der Waals surface area contributed by atoms with Gasteiger partial charge in [0.1, 0.15) is 11.8 Å². The molecule has 1 heterocycles. The normalized spacial score (nSPS) is 19.1. The lowest BCUT2D eigenvalue weighted by Crippen LogP contribution is -2.58. The molecule has 0 bridgehead atoms. The van der Waals surface area contributed by atoms with E-state index in [1.165, 1.54) is 0 Å². The largest absolute Gasteiger partial charge is 0.484 e. The van der Waals surface area contributed by atoms with Crippen LogP contribution in [0, 0.1) is 0 Å². The number of ether oxygens (including phenoxy) is 1. The zero-order chi connectivity index (χ0) is 15.2. The summed E-state index contributed by atoms with van der Waals surface area (Å²) < 4.78 is 5.46. The summed E-state index contributed by atoms with van der Waals surface area (Å²) >= 11 is 0. The number of nitrogens with one attached hydrogen (secondary N) is 1. The maximum atomic E-state index is 12.2. The first-order valence-electron chi connectivity index (χ1n) is 6.99. The number of piperazine rings is 1. The van der Waals surface area contributed by atoms with Crippen LogP contribution in [0.3, 0.4) is 0 Å². The second kappa shape index (κ2) is 7.08. The number of hydrogen-bond donors (Lipinski definition) is 1. The molecule has 0 aromatic heterocycles. The molecule has 1 fully saturated rings. The van der Waals surface area contributed by atoms with Crippen LogP contribution in [0.5, 0.6) is 5.75 Å². The van der Waals surface area contributed by atoms with E-state index in [0.29, 0.717) is 25.4 Å². The minimum absolute atomic E-state index is 0.00576. The highest BCUT2D eigenvalue weighted by Gasteiger charge is 2.31. The van der Waals surface area contributed by atoms with E-state index in [4.69, 9.17) is 4.74 Å². The fourth-order valence-corrected chi connectivity index (χ4v) is 2.30. The standard InChI is InChI=1S/C15H21N3O3/c1-16-15(20)13-10-18(9-8-17(13)2)14(19)11-21-12-6-4-3-5-7-12/h3-7,13H,8-11H2,1-2H3,(H,16,20)/t13-/m0/s1. The van der Waals surface area contributed by atoms with Crippen molar-refractivity contribution < 1.29 is 14.3 Å². The van der Waals surface area contributed by atoms with Crippen LogP contribution in [0.15, 0.2) is 30.3 Å². The van der Waals surface area contributed by atoms with E-state index < -0.39 is 0 Å². The van der Waals surface area contributed by atoms with E-state index in [1.54, 1.807) is 11.9 Å². The third-order valence-corrected chi connectivity index (χ3v) is 3.66. The lowest BCUT2D eigenvalue weighted by atomic mass is 10.1. The van der Waals surface area contributed by atoms with Gasteiger partial charge in [0, 0.05) is 26.7 Å².